The molecule has 29 heavy (non-hydrogen) atoms. The lowest BCUT2D eigenvalue weighted by atomic mass is 9.44. The summed E-state index contributed by atoms with van der Waals surface area (Å²) in [6, 6.07) is 0. The number of hydrogen-bond donors (Lipinski definition) is 2. The summed E-state index contributed by atoms with van der Waals surface area (Å²) >= 11 is 0. The molecule has 4 aliphatic rings. The Morgan fingerprint density at radius 1 is 1.03 bits per heavy atom. The lowest BCUT2D eigenvalue weighted by Crippen LogP contribution is -2.63. The molecule has 5 heteroatoms. The average Bonchev–Trinajstić information content (AvgIpc) is 3.04. The Morgan fingerprint density at radius 2 is 1.76 bits per heavy atom. The highest BCUT2D eigenvalue weighted by Crippen LogP contribution is 2.65. The van der Waals surface area contributed by atoms with E-state index in [1.54, 1.807) is 0 Å². The van der Waals surface area contributed by atoms with Gasteiger partial charge in [0.1, 0.15) is 29.3 Å². The van der Waals surface area contributed by atoms with E-state index in [4.69, 9.17) is 9.47 Å². The number of esters is 1. The number of benzene rings is 1. The molecule has 2 N–H and O–H groups in total. The van der Waals surface area contributed by atoms with E-state index in [9.17, 15) is 15.0 Å². The number of phenols is 1. The number of ether oxygens (including phenoxy) is 2. The highest BCUT2D eigenvalue weighted by Gasteiger charge is 2.62. The maximum Gasteiger partial charge on any atom is 0.342 e. The Hall–Kier alpha value is -1.75. The lowest BCUT2D eigenvalue weighted by molar-refractivity contribution is -0.191. The first-order valence-corrected chi connectivity index (χ1v) is 10.9. The molecule has 5 rings (SSSR count). The second kappa shape index (κ2) is 5.69. The summed E-state index contributed by atoms with van der Waals surface area (Å²) in [4.78, 5) is 12.2. The van der Waals surface area contributed by atoms with Crippen LogP contribution >= 0.6 is 0 Å². The van der Waals surface area contributed by atoms with Crippen molar-refractivity contribution >= 4 is 5.97 Å². The summed E-state index contributed by atoms with van der Waals surface area (Å²) in [5, 5.41) is 21.7. The molecule has 0 spiro atoms. The van der Waals surface area contributed by atoms with Crippen LogP contribution in [-0.2, 0) is 17.8 Å². The van der Waals surface area contributed by atoms with Crippen LogP contribution in [0.5, 0.6) is 11.5 Å². The molecule has 2 heterocycles. The van der Waals surface area contributed by atoms with Gasteiger partial charge in [-0.3, -0.25) is 0 Å². The predicted molar refractivity (Wildman–Crippen MR) is 108 cm³/mol. The van der Waals surface area contributed by atoms with Crippen molar-refractivity contribution in [1.29, 1.82) is 0 Å². The van der Waals surface area contributed by atoms with E-state index in [-0.39, 0.29) is 40.8 Å². The van der Waals surface area contributed by atoms with E-state index in [1.807, 2.05) is 6.92 Å². The van der Waals surface area contributed by atoms with E-state index in [1.165, 1.54) is 0 Å². The third-order valence-electron chi connectivity index (χ3n) is 9.16. The fourth-order valence-corrected chi connectivity index (χ4v) is 7.40. The van der Waals surface area contributed by atoms with Crippen molar-refractivity contribution in [2.75, 3.05) is 0 Å². The van der Waals surface area contributed by atoms with Crippen molar-refractivity contribution in [3.63, 3.8) is 0 Å². The molecule has 2 saturated carbocycles. The molecule has 0 radical (unpaired) electrons. The highest BCUT2D eigenvalue weighted by atomic mass is 16.5. The number of aliphatic hydroxyl groups is 1. The van der Waals surface area contributed by atoms with Crippen molar-refractivity contribution < 1.29 is 24.5 Å². The van der Waals surface area contributed by atoms with Crippen LogP contribution in [0.1, 0.15) is 80.4 Å². The third kappa shape index (κ3) is 2.28. The Kier molecular flexibility index (Phi) is 3.77. The number of carbonyl (C=O) groups is 1. The van der Waals surface area contributed by atoms with E-state index in [0.717, 1.165) is 48.1 Å². The molecule has 0 bridgehead atoms. The molecule has 2 fully saturated rings. The number of hydrogen-bond acceptors (Lipinski definition) is 5. The molecule has 5 unspecified atom stereocenters. The number of carbonyl (C=O) groups excluding carboxylic acids is 1. The van der Waals surface area contributed by atoms with Crippen LogP contribution in [0.15, 0.2) is 0 Å². The molecule has 158 valence electrons. The first-order valence-electron chi connectivity index (χ1n) is 10.9. The van der Waals surface area contributed by atoms with Gasteiger partial charge < -0.3 is 19.7 Å². The maximum absolute atomic E-state index is 12.2. The summed E-state index contributed by atoms with van der Waals surface area (Å²) in [5.41, 5.74) is 2.31. The van der Waals surface area contributed by atoms with Crippen molar-refractivity contribution in [1.82, 2.24) is 0 Å². The van der Waals surface area contributed by atoms with Crippen molar-refractivity contribution in [3.8, 4) is 11.5 Å². The molecule has 5 nitrogen and oxygen atoms in total. The number of aliphatic hydroxyl groups excluding tert-OH is 1. The minimum Gasteiger partial charge on any atom is -0.507 e. The standard InChI is InChI=1S/C24H32O5/c1-12-14-11-28-21(27)18(14)19(26)13-10-16-23(4)8-7-17(25)22(2,3)15(23)6-9-24(16,5)29-20(12)13/h15-17,25-26H,6-11H2,1-5H3. The zero-order valence-electron chi connectivity index (χ0n) is 18.1. The monoisotopic (exact) mass is 400 g/mol. The number of cyclic esters (lactones) is 1. The van der Waals surface area contributed by atoms with E-state index >= 15 is 0 Å². The van der Waals surface area contributed by atoms with Gasteiger partial charge in [0, 0.05) is 17.0 Å². The summed E-state index contributed by atoms with van der Waals surface area (Å²) in [6.45, 7) is 11.1. The van der Waals surface area contributed by atoms with Gasteiger partial charge in [-0.1, -0.05) is 20.8 Å². The SMILES string of the molecule is Cc1c2c(c(O)c3c1OC1(C)CCC4C(C)(C)C(O)CCC4(C)C1C3)C(=O)OC2. The highest BCUT2D eigenvalue weighted by molar-refractivity contribution is 5.98. The quantitative estimate of drug-likeness (QED) is 0.636. The smallest absolute Gasteiger partial charge is 0.342 e. The zero-order chi connectivity index (χ0) is 20.9. The average molecular weight is 401 g/mol. The minimum atomic E-state index is -0.439. The van der Waals surface area contributed by atoms with E-state index in [0.29, 0.717) is 17.9 Å². The largest absolute Gasteiger partial charge is 0.507 e. The van der Waals surface area contributed by atoms with Crippen molar-refractivity contribution in [3.05, 3.63) is 22.3 Å². The number of phenolic OH excluding ortho intramolecular Hbond substituents is 1. The molecule has 5 atom stereocenters. The second-order valence-corrected chi connectivity index (χ2v) is 10.9. The zero-order valence-corrected chi connectivity index (χ0v) is 18.1. The molecule has 0 aromatic heterocycles. The topological polar surface area (TPSA) is 76.0 Å². The predicted octanol–water partition coefficient (Wildman–Crippen LogP) is 4.28. The molecular formula is C24H32O5. The Morgan fingerprint density at radius 3 is 2.48 bits per heavy atom. The van der Waals surface area contributed by atoms with Gasteiger partial charge in [-0.2, -0.15) is 0 Å². The molecular weight excluding hydrogens is 368 g/mol. The fraction of sp³-hybridized carbons (Fsp3) is 0.708. The fourth-order valence-electron chi connectivity index (χ4n) is 7.40. The Bertz CT molecular complexity index is 919. The van der Waals surface area contributed by atoms with Crippen LogP contribution in [0.3, 0.4) is 0 Å². The van der Waals surface area contributed by atoms with E-state index < -0.39 is 5.97 Å². The van der Waals surface area contributed by atoms with Gasteiger partial charge in [-0.05, 0) is 68.3 Å². The molecule has 1 aromatic carbocycles. The van der Waals surface area contributed by atoms with Gasteiger partial charge in [-0.25, -0.2) is 4.79 Å². The number of rotatable bonds is 0. The molecule has 0 saturated heterocycles. The molecule has 2 aliphatic heterocycles. The Labute approximate surface area is 172 Å². The third-order valence-corrected chi connectivity index (χ3v) is 9.16. The van der Waals surface area contributed by atoms with Crippen LogP contribution in [0.2, 0.25) is 0 Å². The van der Waals surface area contributed by atoms with Gasteiger partial charge in [0.2, 0.25) is 0 Å². The molecule has 0 amide bonds. The van der Waals surface area contributed by atoms with Gasteiger partial charge in [0.25, 0.3) is 0 Å². The van der Waals surface area contributed by atoms with Crippen molar-refractivity contribution in [2.24, 2.45) is 22.7 Å². The van der Waals surface area contributed by atoms with Crippen LogP contribution in [0.4, 0.5) is 0 Å². The summed E-state index contributed by atoms with van der Waals surface area (Å²) in [7, 11) is 0. The maximum atomic E-state index is 12.2. The first-order chi connectivity index (χ1) is 13.5. The van der Waals surface area contributed by atoms with Crippen LogP contribution in [0.25, 0.3) is 0 Å². The van der Waals surface area contributed by atoms with Crippen LogP contribution < -0.4 is 4.74 Å². The Balaban J connectivity index is 1.64. The van der Waals surface area contributed by atoms with Gasteiger partial charge in [0.15, 0.2) is 0 Å². The van der Waals surface area contributed by atoms with E-state index in [2.05, 4.69) is 27.7 Å². The van der Waals surface area contributed by atoms with Gasteiger partial charge >= 0.3 is 5.97 Å². The summed E-state index contributed by atoms with van der Waals surface area (Å²) in [6.07, 6.45) is 4.11. The number of fused-ring (bicyclic) bond motifs is 5. The van der Waals surface area contributed by atoms with Crippen LogP contribution in [0, 0.1) is 29.6 Å². The van der Waals surface area contributed by atoms with Gasteiger partial charge in [-0.15, -0.1) is 0 Å². The van der Waals surface area contributed by atoms with Gasteiger partial charge in [0.05, 0.1) is 6.10 Å². The van der Waals surface area contributed by atoms with Crippen molar-refractivity contribution in [2.45, 2.75) is 85.0 Å². The molecule has 1 aromatic rings. The van der Waals surface area contributed by atoms with Crippen LogP contribution in [-0.4, -0.2) is 27.9 Å². The summed E-state index contributed by atoms with van der Waals surface area (Å²) < 4.78 is 11.9. The summed E-state index contributed by atoms with van der Waals surface area (Å²) in [5.74, 6) is 0.964. The lowest BCUT2D eigenvalue weighted by Gasteiger charge is -2.64. The minimum absolute atomic E-state index is 0.00723. The normalized spacial score (nSPS) is 39.5. The first kappa shape index (κ1) is 19.2. The second-order valence-electron chi connectivity index (χ2n) is 10.9. The number of aromatic hydroxyl groups is 1. The molecule has 2 aliphatic carbocycles.